The molecule has 0 spiro atoms. The van der Waals surface area contributed by atoms with Crippen LogP contribution < -0.4 is 0 Å². The molecule has 0 saturated carbocycles. The molecule has 0 aromatic rings. The maximum Gasteiger partial charge on any atom is 0.192 e. The van der Waals surface area contributed by atoms with E-state index in [9.17, 15) is 0 Å². The van der Waals surface area contributed by atoms with Gasteiger partial charge in [0.25, 0.3) is 0 Å². The van der Waals surface area contributed by atoms with Gasteiger partial charge in [-0.15, -0.1) is 6.42 Å². The first-order chi connectivity index (χ1) is 21.3. The fraction of sp³-hybridized carbons (Fsp3) is 0.935. The number of rotatable bonds is 35. The van der Waals surface area contributed by atoms with Crippen molar-refractivity contribution in [3.8, 4) is 12.3 Å². The smallest absolute Gasteiger partial charge is 0.192 e. The van der Waals surface area contributed by atoms with Crippen LogP contribution in [0.5, 0.6) is 0 Å². The molecule has 0 N–H and O–H groups in total. The van der Waals surface area contributed by atoms with Gasteiger partial charge in [-0.25, -0.2) is 0 Å². The lowest BCUT2D eigenvalue weighted by atomic mass is 10.2. The van der Waals surface area contributed by atoms with Gasteiger partial charge in [0.1, 0.15) is 6.61 Å². The summed E-state index contributed by atoms with van der Waals surface area (Å²) in [6.45, 7) is 23.1. The second-order valence-corrected chi connectivity index (χ2v) is 15.8. The molecule has 262 valence electrons. The van der Waals surface area contributed by atoms with E-state index in [4.69, 9.17) is 63.0 Å². The molecule has 0 atom stereocenters. The van der Waals surface area contributed by atoms with E-state index in [-0.39, 0.29) is 5.04 Å². The fourth-order valence-electron chi connectivity index (χ4n) is 2.90. The monoisotopic (exact) mass is 654 g/mol. The molecule has 0 saturated heterocycles. The van der Waals surface area contributed by atoms with E-state index in [1.807, 2.05) is 0 Å². The van der Waals surface area contributed by atoms with Crippen LogP contribution in [0, 0.1) is 12.3 Å². The van der Waals surface area contributed by atoms with Crippen molar-refractivity contribution < 1.29 is 56.5 Å². The summed E-state index contributed by atoms with van der Waals surface area (Å²) >= 11 is 0. The lowest BCUT2D eigenvalue weighted by molar-refractivity contribution is -0.0275. The molecular weight excluding hydrogens is 592 g/mol. The van der Waals surface area contributed by atoms with Crippen molar-refractivity contribution in [1.29, 1.82) is 0 Å². The standard InChI is InChI=1S/C31H62O12Si/c1-7-8-32-9-10-33-11-12-34-13-14-35-15-16-36-17-18-37-19-20-38-21-22-39-23-24-40-25-26-41-27-28-42-29-30-43-44(5,6)31(2,3)4/h1H,8-30H2,2-6H3. The normalized spacial score (nSPS) is 12.2. The Morgan fingerprint density at radius 3 is 0.795 bits per heavy atom. The van der Waals surface area contributed by atoms with Crippen LogP contribution in [-0.2, 0) is 56.5 Å². The van der Waals surface area contributed by atoms with Crippen molar-refractivity contribution in [2.45, 2.75) is 38.9 Å². The van der Waals surface area contributed by atoms with Crippen LogP contribution in [0.4, 0.5) is 0 Å². The SMILES string of the molecule is C#CCOCCOCCOCCOCCOCCOCCOCCOCCOCCOCCOCCO[Si](C)(C)C(C)(C)C. The summed E-state index contributed by atoms with van der Waals surface area (Å²) in [7, 11) is -1.70. The summed E-state index contributed by atoms with van der Waals surface area (Å²) < 4.78 is 65.9. The van der Waals surface area contributed by atoms with Gasteiger partial charge in [0.15, 0.2) is 8.32 Å². The van der Waals surface area contributed by atoms with Gasteiger partial charge in [-0.1, -0.05) is 26.7 Å². The molecule has 0 unspecified atom stereocenters. The van der Waals surface area contributed by atoms with E-state index in [1.54, 1.807) is 0 Å². The second kappa shape index (κ2) is 32.2. The van der Waals surface area contributed by atoms with Gasteiger partial charge in [0, 0.05) is 0 Å². The van der Waals surface area contributed by atoms with Crippen molar-refractivity contribution in [1.82, 2.24) is 0 Å². The molecule has 0 amide bonds. The van der Waals surface area contributed by atoms with Crippen LogP contribution in [0.3, 0.4) is 0 Å². The minimum atomic E-state index is -1.70. The first kappa shape index (κ1) is 43.3. The van der Waals surface area contributed by atoms with Gasteiger partial charge in [0.05, 0.1) is 145 Å². The molecule has 12 nitrogen and oxygen atoms in total. The Morgan fingerprint density at radius 1 is 0.386 bits per heavy atom. The zero-order valence-corrected chi connectivity index (χ0v) is 29.2. The predicted octanol–water partition coefficient (Wildman–Crippen LogP) is 2.82. The maximum atomic E-state index is 6.08. The molecule has 0 aliphatic rings. The largest absolute Gasteiger partial charge is 0.414 e. The molecule has 0 bridgehead atoms. The molecule has 13 heteroatoms. The lowest BCUT2D eigenvalue weighted by Gasteiger charge is -2.36. The zero-order chi connectivity index (χ0) is 32.5. The Hall–Kier alpha value is -0.703. The average Bonchev–Trinajstić information content (AvgIpc) is 2.98. The van der Waals surface area contributed by atoms with E-state index >= 15 is 0 Å². The molecule has 0 fully saturated rings. The topological polar surface area (TPSA) is 111 Å². The third kappa shape index (κ3) is 31.3. The molecule has 0 rings (SSSR count). The molecule has 0 heterocycles. The van der Waals surface area contributed by atoms with Gasteiger partial charge in [-0.05, 0) is 18.1 Å². The average molecular weight is 655 g/mol. The zero-order valence-electron chi connectivity index (χ0n) is 28.2. The quantitative estimate of drug-likeness (QED) is 0.0570. The van der Waals surface area contributed by atoms with Crippen LogP contribution >= 0.6 is 0 Å². The van der Waals surface area contributed by atoms with Gasteiger partial charge < -0.3 is 56.5 Å². The lowest BCUT2D eigenvalue weighted by Crippen LogP contribution is -2.41. The second-order valence-electron chi connectivity index (χ2n) is 11.0. The van der Waals surface area contributed by atoms with Crippen LogP contribution in [-0.4, -0.2) is 160 Å². The van der Waals surface area contributed by atoms with Crippen molar-refractivity contribution in [3.63, 3.8) is 0 Å². The molecule has 0 aromatic heterocycles. The van der Waals surface area contributed by atoms with Crippen LogP contribution in [0.1, 0.15) is 20.8 Å². The summed E-state index contributed by atoms with van der Waals surface area (Å²) in [4.78, 5) is 0. The Balaban J connectivity index is 3.12. The van der Waals surface area contributed by atoms with Crippen molar-refractivity contribution in [2.24, 2.45) is 0 Å². The summed E-state index contributed by atoms with van der Waals surface area (Å²) in [6.07, 6.45) is 5.08. The highest BCUT2D eigenvalue weighted by atomic mass is 28.4. The highest BCUT2D eigenvalue weighted by Gasteiger charge is 2.36. The summed E-state index contributed by atoms with van der Waals surface area (Å²) in [5.41, 5.74) is 0. The highest BCUT2D eigenvalue weighted by Crippen LogP contribution is 2.36. The minimum Gasteiger partial charge on any atom is -0.414 e. The van der Waals surface area contributed by atoms with Crippen molar-refractivity contribution in [3.05, 3.63) is 0 Å². The van der Waals surface area contributed by atoms with E-state index in [0.29, 0.717) is 152 Å². The number of hydrogen-bond donors (Lipinski definition) is 0. The summed E-state index contributed by atoms with van der Waals surface area (Å²) in [5.74, 6) is 2.40. The number of terminal acetylenes is 1. The van der Waals surface area contributed by atoms with E-state index in [0.717, 1.165) is 0 Å². The first-order valence-corrected chi connectivity index (χ1v) is 18.6. The molecule has 0 radical (unpaired) electrons. The number of ether oxygens (including phenoxy) is 11. The van der Waals surface area contributed by atoms with Crippen molar-refractivity contribution >= 4 is 8.32 Å². The van der Waals surface area contributed by atoms with Crippen LogP contribution in [0.15, 0.2) is 0 Å². The Morgan fingerprint density at radius 2 is 0.591 bits per heavy atom. The molecule has 0 aromatic carbocycles. The number of hydrogen-bond acceptors (Lipinski definition) is 12. The van der Waals surface area contributed by atoms with E-state index in [2.05, 4.69) is 39.8 Å². The van der Waals surface area contributed by atoms with E-state index in [1.165, 1.54) is 0 Å². The van der Waals surface area contributed by atoms with Gasteiger partial charge in [0.2, 0.25) is 0 Å². The molecule has 0 aliphatic heterocycles. The third-order valence-electron chi connectivity index (χ3n) is 6.40. The van der Waals surface area contributed by atoms with E-state index < -0.39 is 8.32 Å². The first-order valence-electron chi connectivity index (χ1n) is 15.7. The summed E-state index contributed by atoms with van der Waals surface area (Å²) in [5, 5.41) is 0.217. The Labute approximate surface area is 268 Å². The molecule has 44 heavy (non-hydrogen) atoms. The molecular formula is C31H62O12Si. The van der Waals surface area contributed by atoms with Gasteiger partial charge >= 0.3 is 0 Å². The van der Waals surface area contributed by atoms with Crippen molar-refractivity contribution in [2.75, 3.05) is 152 Å². The van der Waals surface area contributed by atoms with Gasteiger partial charge in [-0.3, -0.25) is 0 Å². The maximum absolute atomic E-state index is 6.08. The minimum absolute atomic E-state index is 0.217. The predicted molar refractivity (Wildman–Crippen MR) is 171 cm³/mol. The third-order valence-corrected chi connectivity index (χ3v) is 10.9. The highest BCUT2D eigenvalue weighted by molar-refractivity contribution is 6.74. The van der Waals surface area contributed by atoms with Crippen LogP contribution in [0.25, 0.3) is 0 Å². The Kier molecular flexibility index (Phi) is 31.7. The Bertz CT molecular complexity index is 628. The fourth-order valence-corrected chi connectivity index (χ4v) is 3.93. The van der Waals surface area contributed by atoms with Gasteiger partial charge in [-0.2, -0.15) is 0 Å². The summed E-state index contributed by atoms with van der Waals surface area (Å²) in [6, 6.07) is 0. The molecule has 0 aliphatic carbocycles. The van der Waals surface area contributed by atoms with Crippen LogP contribution in [0.2, 0.25) is 18.1 Å².